The highest BCUT2D eigenvalue weighted by molar-refractivity contribution is 6.08. The molecule has 0 saturated heterocycles. The zero-order valence-corrected chi connectivity index (χ0v) is 16.2. The lowest BCUT2D eigenvalue weighted by Gasteiger charge is -2.36. The zero-order chi connectivity index (χ0) is 19.4. The molecule has 0 unspecified atom stereocenters. The standard InChI is InChI=1S/C28H22O/c29-28(26-13-5-9-19-7-2-4-12-24(19)26)16-6-10-22-17-25-21(18-27(22)28)15-14-20-8-1-3-11-23(20)25/h1-5,7-9,11-15,17-18,29H,6,10,16H2/t28-/m1/s1. The van der Waals surface area contributed by atoms with Gasteiger partial charge in [-0.25, -0.2) is 0 Å². The fourth-order valence-corrected chi connectivity index (χ4v) is 5.23. The van der Waals surface area contributed by atoms with E-state index < -0.39 is 5.60 Å². The molecule has 1 heteroatoms. The van der Waals surface area contributed by atoms with Crippen LogP contribution in [-0.2, 0) is 12.0 Å². The molecule has 1 aliphatic carbocycles. The summed E-state index contributed by atoms with van der Waals surface area (Å²) in [5.41, 5.74) is 2.42. The Kier molecular flexibility index (Phi) is 3.57. The molecule has 5 aromatic carbocycles. The van der Waals surface area contributed by atoms with Gasteiger partial charge >= 0.3 is 0 Å². The summed E-state index contributed by atoms with van der Waals surface area (Å²) in [6, 6.07) is 32.2. The van der Waals surface area contributed by atoms with Gasteiger partial charge in [-0.1, -0.05) is 84.9 Å². The van der Waals surface area contributed by atoms with Crippen molar-refractivity contribution in [1.82, 2.24) is 0 Å². The molecule has 1 atom stereocenters. The van der Waals surface area contributed by atoms with Crippen LogP contribution in [0.15, 0.2) is 91.0 Å². The fourth-order valence-electron chi connectivity index (χ4n) is 5.23. The van der Waals surface area contributed by atoms with E-state index in [9.17, 15) is 5.11 Å². The van der Waals surface area contributed by atoms with Crippen LogP contribution in [0, 0.1) is 0 Å². The number of benzene rings is 5. The van der Waals surface area contributed by atoms with Gasteiger partial charge in [-0.05, 0) is 74.3 Å². The van der Waals surface area contributed by atoms with Gasteiger partial charge in [0.1, 0.15) is 5.60 Å². The normalized spacial score (nSPS) is 18.9. The minimum atomic E-state index is -0.950. The third-order valence-electron chi connectivity index (χ3n) is 6.63. The number of aliphatic hydroxyl groups is 1. The topological polar surface area (TPSA) is 20.2 Å². The molecule has 29 heavy (non-hydrogen) atoms. The summed E-state index contributed by atoms with van der Waals surface area (Å²) < 4.78 is 0. The Bertz CT molecular complexity index is 1390. The van der Waals surface area contributed by atoms with E-state index in [1.807, 2.05) is 0 Å². The third-order valence-corrected chi connectivity index (χ3v) is 6.63. The average Bonchev–Trinajstić information content (AvgIpc) is 2.78. The summed E-state index contributed by atoms with van der Waals surface area (Å²) in [5.74, 6) is 0. The Hall–Kier alpha value is -3.16. The molecular formula is C28H22O. The van der Waals surface area contributed by atoms with Gasteiger partial charge in [0.2, 0.25) is 0 Å². The van der Waals surface area contributed by atoms with Gasteiger partial charge in [0, 0.05) is 0 Å². The second-order valence-electron chi connectivity index (χ2n) is 8.26. The molecule has 5 aromatic rings. The van der Waals surface area contributed by atoms with Gasteiger partial charge in [0.25, 0.3) is 0 Å². The SMILES string of the molecule is O[C@@]1(c2cccc3ccccc23)CCCc2cc3c(ccc4ccccc43)cc21. The zero-order valence-electron chi connectivity index (χ0n) is 16.2. The number of aryl methyl sites for hydroxylation is 1. The number of fused-ring (bicyclic) bond motifs is 5. The lowest BCUT2D eigenvalue weighted by molar-refractivity contribution is 0.0633. The van der Waals surface area contributed by atoms with Crippen LogP contribution < -0.4 is 0 Å². The number of hydrogen-bond acceptors (Lipinski definition) is 1. The monoisotopic (exact) mass is 374 g/mol. The van der Waals surface area contributed by atoms with Crippen LogP contribution in [0.4, 0.5) is 0 Å². The van der Waals surface area contributed by atoms with Crippen molar-refractivity contribution in [2.45, 2.75) is 24.9 Å². The lowest BCUT2D eigenvalue weighted by Crippen LogP contribution is -2.32. The van der Waals surface area contributed by atoms with E-state index in [0.717, 1.165) is 35.8 Å². The predicted octanol–water partition coefficient (Wildman–Crippen LogP) is 6.72. The van der Waals surface area contributed by atoms with Crippen molar-refractivity contribution in [3.05, 3.63) is 108 Å². The first-order chi connectivity index (χ1) is 14.2. The second kappa shape index (κ2) is 6.17. The van der Waals surface area contributed by atoms with Gasteiger partial charge in [0.05, 0.1) is 0 Å². The molecule has 1 nitrogen and oxygen atoms in total. The molecular weight excluding hydrogens is 352 g/mol. The molecule has 0 radical (unpaired) electrons. The summed E-state index contributed by atoms with van der Waals surface area (Å²) >= 11 is 0. The van der Waals surface area contributed by atoms with E-state index in [1.165, 1.54) is 32.5 Å². The van der Waals surface area contributed by atoms with Crippen molar-refractivity contribution in [3.8, 4) is 0 Å². The van der Waals surface area contributed by atoms with Gasteiger partial charge in [-0.15, -0.1) is 0 Å². The van der Waals surface area contributed by atoms with E-state index >= 15 is 0 Å². The number of rotatable bonds is 1. The van der Waals surface area contributed by atoms with E-state index in [0.29, 0.717) is 0 Å². The van der Waals surface area contributed by atoms with Crippen LogP contribution in [-0.4, -0.2) is 5.11 Å². The molecule has 1 N–H and O–H groups in total. The van der Waals surface area contributed by atoms with Crippen molar-refractivity contribution < 1.29 is 5.11 Å². The first-order valence-electron chi connectivity index (χ1n) is 10.4. The highest BCUT2D eigenvalue weighted by Crippen LogP contribution is 2.44. The molecule has 0 aliphatic heterocycles. The first-order valence-corrected chi connectivity index (χ1v) is 10.4. The van der Waals surface area contributed by atoms with E-state index in [2.05, 4.69) is 91.0 Å². The van der Waals surface area contributed by atoms with Crippen LogP contribution in [0.25, 0.3) is 32.3 Å². The predicted molar refractivity (Wildman–Crippen MR) is 121 cm³/mol. The number of hydrogen-bond donors (Lipinski definition) is 1. The van der Waals surface area contributed by atoms with Crippen molar-refractivity contribution in [3.63, 3.8) is 0 Å². The first kappa shape index (κ1) is 16.8. The van der Waals surface area contributed by atoms with E-state index in [-0.39, 0.29) is 0 Å². The van der Waals surface area contributed by atoms with Gasteiger partial charge in [-0.2, -0.15) is 0 Å². The summed E-state index contributed by atoms with van der Waals surface area (Å²) in [6.45, 7) is 0. The highest BCUT2D eigenvalue weighted by atomic mass is 16.3. The summed E-state index contributed by atoms with van der Waals surface area (Å²) in [7, 11) is 0. The molecule has 140 valence electrons. The van der Waals surface area contributed by atoms with Gasteiger partial charge < -0.3 is 5.11 Å². The minimum Gasteiger partial charge on any atom is -0.380 e. The molecule has 0 heterocycles. The molecule has 0 amide bonds. The van der Waals surface area contributed by atoms with Crippen LogP contribution in [0.2, 0.25) is 0 Å². The molecule has 0 bridgehead atoms. The smallest absolute Gasteiger partial charge is 0.115 e. The fraction of sp³-hybridized carbons (Fsp3) is 0.143. The summed E-state index contributed by atoms with van der Waals surface area (Å²) in [4.78, 5) is 0. The maximum absolute atomic E-state index is 12.1. The van der Waals surface area contributed by atoms with Crippen molar-refractivity contribution in [2.75, 3.05) is 0 Å². The lowest BCUT2D eigenvalue weighted by atomic mass is 9.73. The van der Waals surface area contributed by atoms with Crippen LogP contribution >= 0.6 is 0 Å². The molecule has 0 spiro atoms. The molecule has 0 fully saturated rings. The molecule has 6 rings (SSSR count). The molecule has 0 saturated carbocycles. The maximum Gasteiger partial charge on any atom is 0.115 e. The third kappa shape index (κ3) is 2.44. The van der Waals surface area contributed by atoms with Gasteiger partial charge in [-0.3, -0.25) is 0 Å². The Labute approximate surface area is 170 Å². The largest absolute Gasteiger partial charge is 0.380 e. The average molecular weight is 374 g/mol. The van der Waals surface area contributed by atoms with Crippen molar-refractivity contribution in [2.24, 2.45) is 0 Å². The van der Waals surface area contributed by atoms with Crippen LogP contribution in [0.1, 0.15) is 29.5 Å². The minimum absolute atomic E-state index is 0.757. The molecule has 0 aromatic heterocycles. The Morgan fingerprint density at radius 1 is 0.586 bits per heavy atom. The highest BCUT2D eigenvalue weighted by Gasteiger charge is 2.37. The van der Waals surface area contributed by atoms with Gasteiger partial charge in [0.15, 0.2) is 0 Å². The summed E-state index contributed by atoms with van der Waals surface area (Å²) in [6.07, 6.45) is 2.76. The van der Waals surface area contributed by atoms with Crippen molar-refractivity contribution >= 4 is 32.3 Å². The summed E-state index contributed by atoms with van der Waals surface area (Å²) in [5, 5.41) is 19.4. The molecule has 1 aliphatic rings. The second-order valence-corrected chi connectivity index (χ2v) is 8.26. The quantitative estimate of drug-likeness (QED) is 0.323. The van der Waals surface area contributed by atoms with Crippen LogP contribution in [0.3, 0.4) is 0 Å². The Morgan fingerprint density at radius 2 is 1.28 bits per heavy atom. The van der Waals surface area contributed by atoms with E-state index in [4.69, 9.17) is 0 Å². The van der Waals surface area contributed by atoms with Crippen LogP contribution in [0.5, 0.6) is 0 Å². The van der Waals surface area contributed by atoms with Crippen molar-refractivity contribution in [1.29, 1.82) is 0 Å². The Morgan fingerprint density at radius 3 is 2.14 bits per heavy atom. The Balaban J connectivity index is 1.65. The maximum atomic E-state index is 12.1. The van der Waals surface area contributed by atoms with E-state index in [1.54, 1.807) is 0 Å².